The number of carbonyl (C=O) groups excluding carboxylic acids is 4. The first kappa shape index (κ1) is 33.1. The number of aryl methyl sites for hydroxylation is 2. The molecule has 2 aliphatic carbocycles. The van der Waals surface area contributed by atoms with Crippen LogP contribution in [-0.4, -0.2) is 86.8 Å². The van der Waals surface area contributed by atoms with E-state index < -0.39 is 6.09 Å². The lowest BCUT2D eigenvalue weighted by molar-refractivity contribution is -0.135. The summed E-state index contributed by atoms with van der Waals surface area (Å²) < 4.78 is 4.64. The maximum absolute atomic E-state index is 13.2. The molecule has 3 heterocycles. The van der Waals surface area contributed by atoms with Crippen LogP contribution in [0.2, 0.25) is 0 Å². The second-order valence-electron chi connectivity index (χ2n) is 13.3. The van der Waals surface area contributed by atoms with Crippen molar-refractivity contribution in [3.8, 4) is 33.6 Å². The minimum Gasteiger partial charge on any atom is -0.453 e. The van der Waals surface area contributed by atoms with Crippen molar-refractivity contribution >= 4 is 24.3 Å². The second-order valence-corrected chi connectivity index (χ2v) is 13.3. The Morgan fingerprint density at radius 1 is 0.980 bits per heavy atom. The molecule has 2 aromatic carbocycles. The number of amides is 4. The Balaban J connectivity index is 1.06. The number of ether oxygens (including phenoxy) is 1. The highest BCUT2D eigenvalue weighted by Crippen LogP contribution is 2.49. The number of hydrogen-bond acceptors (Lipinski definition) is 7. The number of likely N-dealkylation sites (tertiary alicyclic amines) is 1. The predicted molar refractivity (Wildman–Crippen MR) is 185 cm³/mol. The predicted octanol–water partition coefficient (Wildman–Crippen LogP) is 4.13. The summed E-state index contributed by atoms with van der Waals surface area (Å²) >= 11 is 0. The van der Waals surface area contributed by atoms with E-state index in [1.165, 1.54) is 29.4 Å². The fraction of sp³-hybridized carbons (Fsp3) is 0.405. The molecular formula is C37H42N8O5. The third-order valence-corrected chi connectivity index (χ3v) is 10.3. The smallest absolute Gasteiger partial charge is 0.407 e. The molecule has 260 valence electrons. The quantitative estimate of drug-likeness (QED) is 0.164. The van der Waals surface area contributed by atoms with Crippen molar-refractivity contribution in [2.75, 3.05) is 26.7 Å². The molecule has 1 aliphatic heterocycles. The van der Waals surface area contributed by atoms with Gasteiger partial charge in [0.1, 0.15) is 18.2 Å². The van der Waals surface area contributed by atoms with E-state index in [0.717, 1.165) is 66.9 Å². The van der Waals surface area contributed by atoms with Crippen LogP contribution < -0.4 is 10.6 Å². The van der Waals surface area contributed by atoms with E-state index in [1.807, 2.05) is 24.2 Å². The topological polar surface area (TPSA) is 165 Å². The lowest BCUT2D eigenvalue weighted by Gasteiger charge is -2.34. The molecule has 2 bridgehead atoms. The van der Waals surface area contributed by atoms with E-state index in [1.54, 1.807) is 4.90 Å². The summed E-state index contributed by atoms with van der Waals surface area (Å²) in [7, 11) is 1.28. The zero-order valence-corrected chi connectivity index (χ0v) is 28.3. The third kappa shape index (κ3) is 6.47. The number of carbonyl (C=O) groups is 4. The van der Waals surface area contributed by atoms with Gasteiger partial charge in [-0.2, -0.15) is 0 Å². The largest absolute Gasteiger partial charge is 0.453 e. The number of aromatic amines is 2. The minimum absolute atomic E-state index is 0.0328. The number of nitrogens with one attached hydrogen (secondary N) is 4. The summed E-state index contributed by atoms with van der Waals surface area (Å²) in [6.45, 7) is 2.80. The molecule has 50 heavy (non-hydrogen) atoms. The Kier molecular flexibility index (Phi) is 9.38. The molecule has 0 spiro atoms. The average molecular weight is 679 g/mol. The molecule has 1 saturated heterocycles. The number of rotatable bonds is 12. The van der Waals surface area contributed by atoms with Crippen molar-refractivity contribution in [1.82, 2.24) is 40.4 Å². The zero-order valence-electron chi connectivity index (χ0n) is 28.3. The van der Waals surface area contributed by atoms with Gasteiger partial charge >= 0.3 is 6.09 Å². The second kappa shape index (κ2) is 14.2. The number of hydrogen-bond donors (Lipinski definition) is 4. The van der Waals surface area contributed by atoms with Crippen LogP contribution in [0, 0.1) is 5.92 Å². The standard InChI is InChI=1S/C37H42N8O5/c1-3-12-44(33(47)18-38-21-46)20-32-39-16-30(42-32)24-7-10-28-22(13-24)4-5-23-14-25(8-11-29(23)28)31-17-40-36(43-31)35-26-6-9-27(15-26)45(35)34(48)19-41-37(49)50-2/h7-8,10-11,13-14,16-17,21,26-27,35H,3-6,9,12,15,18-20H2,1-2H3,(H,38,46)(H,39,42)(H,40,43)(H,41,49)/t26-,27+,35-/m0/s1. The number of imidazole rings is 2. The van der Waals surface area contributed by atoms with E-state index >= 15 is 0 Å². The molecule has 1 saturated carbocycles. The summed E-state index contributed by atoms with van der Waals surface area (Å²) in [4.78, 5) is 67.8. The van der Waals surface area contributed by atoms with Gasteiger partial charge in [-0.1, -0.05) is 31.2 Å². The van der Waals surface area contributed by atoms with Gasteiger partial charge in [0.25, 0.3) is 0 Å². The number of piperidine rings is 1. The molecule has 3 atom stereocenters. The van der Waals surface area contributed by atoms with E-state index in [4.69, 9.17) is 4.98 Å². The molecule has 3 aliphatic rings. The number of aromatic nitrogens is 4. The van der Waals surface area contributed by atoms with Crippen LogP contribution in [0.25, 0.3) is 33.6 Å². The van der Waals surface area contributed by atoms with Crippen molar-refractivity contribution in [3.63, 3.8) is 0 Å². The maximum atomic E-state index is 13.2. The highest BCUT2D eigenvalue weighted by Gasteiger charge is 2.49. The van der Waals surface area contributed by atoms with Crippen LogP contribution in [0.15, 0.2) is 48.8 Å². The molecule has 4 aromatic rings. The van der Waals surface area contributed by atoms with Crippen LogP contribution in [0.1, 0.15) is 61.4 Å². The van der Waals surface area contributed by atoms with E-state index in [0.29, 0.717) is 31.2 Å². The molecule has 2 fully saturated rings. The van der Waals surface area contributed by atoms with Crippen molar-refractivity contribution in [3.05, 3.63) is 71.6 Å². The van der Waals surface area contributed by atoms with E-state index in [2.05, 4.69) is 66.7 Å². The van der Waals surface area contributed by atoms with Gasteiger partial charge in [-0.25, -0.2) is 14.8 Å². The molecule has 2 aromatic heterocycles. The first-order valence-corrected chi connectivity index (χ1v) is 17.3. The van der Waals surface area contributed by atoms with Gasteiger partial charge in [-0.15, -0.1) is 0 Å². The monoisotopic (exact) mass is 678 g/mol. The van der Waals surface area contributed by atoms with Gasteiger partial charge in [0, 0.05) is 12.6 Å². The number of fused-ring (bicyclic) bond motifs is 5. The van der Waals surface area contributed by atoms with Crippen LogP contribution >= 0.6 is 0 Å². The van der Waals surface area contributed by atoms with E-state index in [9.17, 15) is 19.2 Å². The van der Waals surface area contributed by atoms with Crippen molar-refractivity contribution < 1.29 is 23.9 Å². The summed E-state index contributed by atoms with van der Waals surface area (Å²) in [6.07, 6.45) is 9.17. The van der Waals surface area contributed by atoms with Crippen molar-refractivity contribution in [2.45, 2.75) is 64.1 Å². The Bertz CT molecular complexity index is 1920. The summed E-state index contributed by atoms with van der Waals surface area (Å²) in [5.74, 6) is 1.56. The molecule has 0 unspecified atom stereocenters. The number of benzene rings is 2. The normalized spacial score (nSPS) is 18.7. The van der Waals surface area contributed by atoms with Crippen LogP contribution in [0.3, 0.4) is 0 Å². The van der Waals surface area contributed by atoms with Crippen LogP contribution in [0.4, 0.5) is 4.79 Å². The van der Waals surface area contributed by atoms with Gasteiger partial charge in [-0.3, -0.25) is 14.4 Å². The van der Waals surface area contributed by atoms with Gasteiger partial charge < -0.3 is 35.1 Å². The Morgan fingerprint density at radius 3 is 2.36 bits per heavy atom. The van der Waals surface area contributed by atoms with Crippen LogP contribution in [-0.2, 0) is 38.5 Å². The molecule has 7 rings (SSSR count). The zero-order chi connectivity index (χ0) is 34.8. The van der Waals surface area contributed by atoms with Crippen molar-refractivity contribution in [1.29, 1.82) is 0 Å². The number of H-pyrrole nitrogens is 2. The first-order valence-electron chi connectivity index (χ1n) is 17.3. The third-order valence-electron chi connectivity index (χ3n) is 10.3. The number of nitrogens with zero attached hydrogens (tertiary/aromatic N) is 4. The van der Waals surface area contributed by atoms with Gasteiger partial charge in [-0.05, 0) is 90.0 Å². The summed E-state index contributed by atoms with van der Waals surface area (Å²) in [6, 6.07) is 13.1. The lowest BCUT2D eigenvalue weighted by Crippen LogP contribution is -2.45. The molecule has 4 amide bonds. The number of alkyl carbamates (subject to hydrolysis) is 1. The lowest BCUT2D eigenvalue weighted by atomic mass is 9.83. The molecule has 13 heteroatoms. The van der Waals surface area contributed by atoms with Crippen molar-refractivity contribution in [2.24, 2.45) is 5.92 Å². The Labute approximate surface area is 290 Å². The maximum Gasteiger partial charge on any atom is 0.407 e. The summed E-state index contributed by atoms with van der Waals surface area (Å²) in [5, 5.41) is 4.98. The Hall–Kier alpha value is -5.46. The molecule has 4 N–H and O–H groups in total. The fourth-order valence-electron chi connectivity index (χ4n) is 7.95. The SMILES string of the molecule is CCCN(Cc1ncc(-c2ccc3c(c2)CCc2cc(-c4cnc([C@@H]5[C@H]6CC[C@H](C6)N5C(=O)CNC(=O)OC)[nH]4)ccc2-3)[nH]1)C(=O)CNC=O. The summed E-state index contributed by atoms with van der Waals surface area (Å²) in [5.41, 5.74) is 8.88. The van der Waals surface area contributed by atoms with Gasteiger partial charge in [0.05, 0.1) is 50.0 Å². The highest BCUT2D eigenvalue weighted by molar-refractivity contribution is 5.83. The molecule has 13 nitrogen and oxygen atoms in total. The molecular weight excluding hydrogens is 636 g/mol. The fourth-order valence-corrected chi connectivity index (χ4v) is 7.95. The first-order chi connectivity index (χ1) is 24.4. The van der Waals surface area contributed by atoms with Gasteiger partial charge in [0.15, 0.2) is 0 Å². The van der Waals surface area contributed by atoms with Gasteiger partial charge in [0.2, 0.25) is 18.2 Å². The Morgan fingerprint density at radius 2 is 1.68 bits per heavy atom. The minimum atomic E-state index is -0.617. The highest BCUT2D eigenvalue weighted by atomic mass is 16.5. The number of methoxy groups -OCH3 is 1. The molecule has 0 radical (unpaired) electrons. The van der Waals surface area contributed by atoms with E-state index in [-0.39, 0.29) is 37.0 Å². The average Bonchev–Trinajstić information content (AvgIpc) is 3.97. The van der Waals surface area contributed by atoms with Crippen LogP contribution in [0.5, 0.6) is 0 Å².